The van der Waals surface area contributed by atoms with Gasteiger partial charge in [0, 0.05) is 22.0 Å². The molecular weight excluding hydrogens is 408 g/mol. The van der Waals surface area contributed by atoms with Gasteiger partial charge in [-0.25, -0.2) is 13.1 Å². The molecule has 0 saturated carbocycles. The normalized spacial score (nSPS) is 16.0. The average Bonchev–Trinajstić information content (AvgIpc) is 2.39. The van der Waals surface area contributed by atoms with Gasteiger partial charge in [0.1, 0.15) is 0 Å². The first-order valence-corrected chi connectivity index (χ1v) is 9.39. The zero-order chi connectivity index (χ0) is 14.6. The summed E-state index contributed by atoms with van der Waals surface area (Å²) >= 11 is 6.59. The Morgan fingerprint density at radius 3 is 2.75 bits per heavy atom. The molecule has 7 heteroatoms. The molecule has 1 aromatic carbocycles. The van der Waals surface area contributed by atoms with Crippen molar-refractivity contribution >= 4 is 41.9 Å². The Labute approximate surface area is 136 Å². The lowest BCUT2D eigenvalue weighted by Gasteiger charge is -2.14. The lowest BCUT2D eigenvalue weighted by atomic mass is 10.1. The number of halogens is 2. The first-order chi connectivity index (χ1) is 9.49. The van der Waals surface area contributed by atoms with Crippen molar-refractivity contribution in [3.63, 3.8) is 0 Å². The van der Waals surface area contributed by atoms with Crippen LogP contribution in [0.15, 0.2) is 43.7 Å². The van der Waals surface area contributed by atoms with Crippen LogP contribution >= 0.6 is 31.9 Å². The molecule has 0 fully saturated rings. The minimum absolute atomic E-state index is 0.264. The lowest BCUT2D eigenvalue weighted by Crippen LogP contribution is -2.27. The molecule has 2 rings (SSSR count). The van der Waals surface area contributed by atoms with E-state index in [2.05, 4.69) is 48.0 Å². The molecule has 1 aromatic rings. The minimum atomic E-state index is -3.47. The molecule has 110 valence electrons. The average molecular weight is 424 g/mol. The quantitative estimate of drug-likeness (QED) is 0.716. The Hall–Kier alpha value is -0.210. The molecule has 1 heterocycles. The lowest BCUT2D eigenvalue weighted by molar-refractivity contribution is 0.579. The van der Waals surface area contributed by atoms with E-state index in [4.69, 9.17) is 0 Å². The Balaban J connectivity index is 1.98. The molecule has 0 amide bonds. The van der Waals surface area contributed by atoms with Crippen LogP contribution in [-0.4, -0.2) is 28.1 Å². The summed E-state index contributed by atoms with van der Waals surface area (Å²) in [6.07, 6.45) is 3.88. The van der Waals surface area contributed by atoms with Gasteiger partial charge in [0.25, 0.3) is 0 Å². The fraction of sp³-hybridized carbons (Fsp3) is 0.385. The maximum Gasteiger partial charge on any atom is 0.241 e. The molecule has 1 aliphatic heterocycles. The van der Waals surface area contributed by atoms with Crippen LogP contribution in [0.25, 0.3) is 0 Å². The van der Waals surface area contributed by atoms with Gasteiger partial charge in [-0.3, -0.25) is 0 Å². The Kier molecular flexibility index (Phi) is 5.80. The molecule has 4 nitrogen and oxygen atoms in total. The van der Waals surface area contributed by atoms with Gasteiger partial charge in [0.15, 0.2) is 0 Å². The summed E-state index contributed by atoms with van der Waals surface area (Å²) in [4.78, 5) is 0.264. The minimum Gasteiger partial charge on any atom is -0.313 e. The highest BCUT2D eigenvalue weighted by atomic mass is 79.9. The van der Waals surface area contributed by atoms with Crippen molar-refractivity contribution in [1.82, 2.24) is 10.0 Å². The van der Waals surface area contributed by atoms with E-state index in [1.807, 2.05) is 0 Å². The third-order valence-corrected chi connectivity index (χ3v) is 6.01. The Bertz CT molecular complexity index is 615. The number of rotatable bonds is 5. The molecule has 0 atom stereocenters. The van der Waals surface area contributed by atoms with Gasteiger partial charge < -0.3 is 5.32 Å². The monoisotopic (exact) mass is 422 g/mol. The van der Waals surface area contributed by atoms with Crippen LogP contribution in [-0.2, 0) is 10.0 Å². The largest absolute Gasteiger partial charge is 0.313 e. The van der Waals surface area contributed by atoms with Crippen molar-refractivity contribution in [2.45, 2.75) is 17.7 Å². The van der Waals surface area contributed by atoms with E-state index in [0.29, 0.717) is 11.0 Å². The maximum absolute atomic E-state index is 12.2. The summed E-state index contributed by atoms with van der Waals surface area (Å²) in [5.41, 5.74) is 1.31. The van der Waals surface area contributed by atoms with Crippen molar-refractivity contribution in [3.8, 4) is 0 Å². The van der Waals surface area contributed by atoms with Crippen molar-refractivity contribution in [1.29, 1.82) is 0 Å². The number of hydrogen-bond donors (Lipinski definition) is 2. The molecule has 2 N–H and O–H groups in total. The molecule has 0 unspecified atom stereocenters. The second-order valence-electron chi connectivity index (χ2n) is 4.54. The van der Waals surface area contributed by atoms with Gasteiger partial charge in [-0.2, -0.15) is 0 Å². The van der Waals surface area contributed by atoms with Gasteiger partial charge in [-0.15, -0.1) is 0 Å². The number of hydrogen-bond acceptors (Lipinski definition) is 3. The summed E-state index contributed by atoms with van der Waals surface area (Å²) in [5.74, 6) is 0. The molecule has 0 aromatic heterocycles. The first-order valence-electron chi connectivity index (χ1n) is 6.32. The van der Waals surface area contributed by atoms with Gasteiger partial charge in [0.05, 0.1) is 4.90 Å². The second-order valence-corrected chi connectivity index (χ2v) is 8.04. The summed E-state index contributed by atoms with van der Waals surface area (Å²) < 4.78 is 28.5. The van der Waals surface area contributed by atoms with Crippen LogP contribution in [0.5, 0.6) is 0 Å². The van der Waals surface area contributed by atoms with Gasteiger partial charge >= 0.3 is 0 Å². The van der Waals surface area contributed by atoms with Crippen LogP contribution in [0, 0.1) is 0 Å². The summed E-state index contributed by atoms with van der Waals surface area (Å²) in [6, 6.07) is 5.03. The van der Waals surface area contributed by atoms with E-state index < -0.39 is 10.0 Å². The zero-order valence-electron chi connectivity index (χ0n) is 10.8. The predicted molar refractivity (Wildman–Crippen MR) is 87.2 cm³/mol. The molecule has 0 radical (unpaired) electrons. The van der Waals surface area contributed by atoms with Crippen molar-refractivity contribution in [3.05, 3.63) is 38.8 Å². The van der Waals surface area contributed by atoms with E-state index in [9.17, 15) is 8.42 Å². The molecular formula is C13H16Br2N2O2S. The van der Waals surface area contributed by atoms with Crippen LogP contribution < -0.4 is 10.0 Å². The Morgan fingerprint density at radius 2 is 2.10 bits per heavy atom. The second kappa shape index (κ2) is 7.17. The van der Waals surface area contributed by atoms with E-state index in [0.717, 1.165) is 30.4 Å². The van der Waals surface area contributed by atoms with Crippen molar-refractivity contribution in [2.75, 3.05) is 19.6 Å². The van der Waals surface area contributed by atoms with E-state index >= 15 is 0 Å². The number of benzene rings is 1. The fourth-order valence-corrected chi connectivity index (χ4v) is 4.79. The highest BCUT2D eigenvalue weighted by molar-refractivity contribution is 9.11. The molecule has 1 aliphatic rings. The predicted octanol–water partition coefficient (Wildman–Crippen LogP) is 2.80. The third-order valence-electron chi connectivity index (χ3n) is 3.08. The van der Waals surface area contributed by atoms with Gasteiger partial charge in [0.2, 0.25) is 10.0 Å². The van der Waals surface area contributed by atoms with Crippen molar-refractivity contribution in [2.24, 2.45) is 0 Å². The van der Waals surface area contributed by atoms with Gasteiger partial charge in [-0.1, -0.05) is 27.6 Å². The topological polar surface area (TPSA) is 58.2 Å². The summed E-state index contributed by atoms with van der Waals surface area (Å²) in [7, 11) is -3.47. The highest BCUT2D eigenvalue weighted by Crippen LogP contribution is 2.25. The summed E-state index contributed by atoms with van der Waals surface area (Å²) in [6.45, 7) is 2.27. The maximum atomic E-state index is 12.2. The molecule has 0 spiro atoms. The molecule has 0 saturated heterocycles. The molecule has 0 aliphatic carbocycles. The standard InChI is InChI=1S/C13H16Br2N2O2S/c14-11-1-2-13(12(15)9-11)20(18,19)17-8-5-10-3-6-16-7-4-10/h1-3,9,16-17H,4-8H2. The van der Waals surface area contributed by atoms with Crippen LogP contribution in [0.2, 0.25) is 0 Å². The van der Waals surface area contributed by atoms with Crippen molar-refractivity contribution < 1.29 is 8.42 Å². The third kappa shape index (κ3) is 4.39. The number of sulfonamides is 1. The van der Waals surface area contributed by atoms with Crippen LogP contribution in [0.4, 0.5) is 0 Å². The fourth-order valence-electron chi connectivity index (χ4n) is 2.01. The molecule has 20 heavy (non-hydrogen) atoms. The van der Waals surface area contributed by atoms with Gasteiger partial charge in [-0.05, 0) is 53.5 Å². The smallest absolute Gasteiger partial charge is 0.241 e. The zero-order valence-corrected chi connectivity index (χ0v) is 14.8. The van der Waals surface area contributed by atoms with E-state index in [-0.39, 0.29) is 4.90 Å². The Morgan fingerprint density at radius 1 is 1.30 bits per heavy atom. The first kappa shape index (κ1) is 16.2. The number of nitrogens with one attached hydrogen (secondary N) is 2. The van der Waals surface area contributed by atoms with E-state index in [1.54, 1.807) is 18.2 Å². The van der Waals surface area contributed by atoms with Crippen LogP contribution in [0.3, 0.4) is 0 Å². The summed E-state index contributed by atoms with van der Waals surface area (Å²) in [5, 5.41) is 3.23. The molecule has 0 bridgehead atoms. The highest BCUT2D eigenvalue weighted by Gasteiger charge is 2.17. The van der Waals surface area contributed by atoms with E-state index in [1.165, 1.54) is 5.57 Å². The van der Waals surface area contributed by atoms with Crippen LogP contribution in [0.1, 0.15) is 12.8 Å². The SMILES string of the molecule is O=S(=O)(NCCC1=CCNCC1)c1ccc(Br)cc1Br.